The van der Waals surface area contributed by atoms with Gasteiger partial charge in [0.25, 0.3) is 0 Å². The Balaban J connectivity index is 0.000000327. The number of hydrogen-bond donors (Lipinski definition) is 4. The third-order valence-electron chi connectivity index (χ3n) is 1.71. The maximum absolute atomic E-state index is 9.77. The van der Waals surface area contributed by atoms with Gasteiger partial charge in [-0.15, -0.1) is 0 Å². The number of carboxylic acid groups (broad SMARTS) is 2. The molecular formula is C11H11NO6. The molecule has 0 aliphatic heterocycles. The highest BCUT2D eigenvalue weighted by Gasteiger charge is 2.29. The lowest BCUT2D eigenvalue weighted by molar-refractivity contribution is -0.165. The Kier molecular flexibility index (Phi) is 6.73. The van der Waals surface area contributed by atoms with E-state index in [-0.39, 0.29) is 0 Å². The minimum absolute atomic E-state index is 0.715. The van der Waals surface area contributed by atoms with E-state index in [1.807, 2.05) is 24.3 Å². The highest BCUT2D eigenvalue weighted by atomic mass is 16.4. The van der Waals surface area contributed by atoms with Gasteiger partial charge in [0.2, 0.25) is 0 Å². The number of nitrogens with zero attached hydrogens (tertiary/aromatic N) is 1. The van der Waals surface area contributed by atoms with E-state index >= 15 is 0 Å². The zero-order valence-corrected chi connectivity index (χ0v) is 9.09. The highest BCUT2D eigenvalue weighted by Crippen LogP contribution is 1.93. The van der Waals surface area contributed by atoms with E-state index in [1.165, 1.54) is 0 Å². The molecule has 1 rings (SSSR count). The first-order valence-electron chi connectivity index (χ1n) is 4.67. The minimum Gasteiger partial charge on any atom is -0.479 e. The van der Waals surface area contributed by atoms with Crippen molar-refractivity contribution in [3.8, 4) is 6.07 Å². The Morgan fingerprint density at radius 3 is 1.61 bits per heavy atom. The van der Waals surface area contributed by atoms with E-state index < -0.39 is 24.1 Å². The molecule has 0 aromatic heterocycles. The molecule has 0 amide bonds. The smallest absolute Gasteiger partial charge is 0.335 e. The van der Waals surface area contributed by atoms with Gasteiger partial charge in [-0.3, -0.25) is 0 Å². The first-order valence-corrected chi connectivity index (χ1v) is 4.67. The quantitative estimate of drug-likeness (QED) is 0.565. The largest absolute Gasteiger partial charge is 0.479 e. The lowest BCUT2D eigenvalue weighted by atomic mass is 10.2. The predicted molar refractivity (Wildman–Crippen MR) is 58.4 cm³/mol. The zero-order chi connectivity index (χ0) is 14.1. The molecule has 1 aromatic rings. The molecule has 0 radical (unpaired) electrons. The van der Waals surface area contributed by atoms with Gasteiger partial charge in [0.15, 0.2) is 12.2 Å². The topological polar surface area (TPSA) is 139 Å². The van der Waals surface area contributed by atoms with Gasteiger partial charge in [-0.1, -0.05) is 18.2 Å². The fraction of sp³-hybridized carbons (Fsp3) is 0.182. The monoisotopic (exact) mass is 253 g/mol. The van der Waals surface area contributed by atoms with E-state index in [4.69, 9.17) is 25.7 Å². The van der Waals surface area contributed by atoms with Gasteiger partial charge in [-0.2, -0.15) is 5.26 Å². The van der Waals surface area contributed by atoms with Gasteiger partial charge in [-0.25, -0.2) is 9.59 Å². The summed E-state index contributed by atoms with van der Waals surface area (Å²) in [5.74, 6) is -3.54. The molecule has 7 heteroatoms. The molecule has 0 saturated heterocycles. The van der Waals surface area contributed by atoms with Crippen molar-refractivity contribution in [1.82, 2.24) is 0 Å². The molecule has 0 aliphatic carbocycles. The number of carbonyl (C=O) groups is 2. The van der Waals surface area contributed by atoms with Gasteiger partial charge in [0.1, 0.15) is 0 Å². The van der Waals surface area contributed by atoms with Crippen molar-refractivity contribution in [3.05, 3.63) is 35.9 Å². The molecule has 0 saturated carbocycles. The van der Waals surface area contributed by atoms with E-state index in [9.17, 15) is 9.59 Å². The average molecular weight is 253 g/mol. The van der Waals surface area contributed by atoms with Crippen molar-refractivity contribution in [2.75, 3.05) is 0 Å². The molecule has 96 valence electrons. The van der Waals surface area contributed by atoms with Crippen molar-refractivity contribution in [2.45, 2.75) is 12.2 Å². The maximum atomic E-state index is 9.77. The molecule has 1 aromatic carbocycles. The predicted octanol–water partition coefficient (Wildman–Crippen LogP) is -0.564. The molecular weight excluding hydrogens is 242 g/mol. The van der Waals surface area contributed by atoms with Gasteiger partial charge in [0.05, 0.1) is 11.6 Å². The fourth-order valence-electron chi connectivity index (χ4n) is 0.783. The van der Waals surface area contributed by atoms with Gasteiger partial charge in [-0.05, 0) is 12.1 Å². The molecule has 7 nitrogen and oxygen atoms in total. The number of aliphatic hydroxyl groups excluding tert-OH is 2. The van der Waals surface area contributed by atoms with Crippen LogP contribution in [0.2, 0.25) is 0 Å². The lowest BCUT2D eigenvalue weighted by Gasteiger charge is -2.07. The van der Waals surface area contributed by atoms with Crippen LogP contribution in [0.1, 0.15) is 5.56 Å². The third kappa shape index (κ3) is 5.60. The van der Waals surface area contributed by atoms with Crippen molar-refractivity contribution in [3.63, 3.8) is 0 Å². The summed E-state index contributed by atoms with van der Waals surface area (Å²) in [5, 5.41) is 40.8. The number of nitriles is 1. The lowest BCUT2D eigenvalue weighted by Crippen LogP contribution is -2.39. The fourth-order valence-corrected chi connectivity index (χ4v) is 0.783. The van der Waals surface area contributed by atoms with Crippen LogP contribution in [-0.4, -0.2) is 44.6 Å². The molecule has 2 atom stereocenters. The van der Waals surface area contributed by atoms with Gasteiger partial charge >= 0.3 is 11.9 Å². The Morgan fingerprint density at radius 1 is 1.00 bits per heavy atom. The van der Waals surface area contributed by atoms with Crippen LogP contribution in [0.25, 0.3) is 0 Å². The van der Waals surface area contributed by atoms with Crippen LogP contribution in [0.3, 0.4) is 0 Å². The number of aliphatic hydroxyl groups is 2. The summed E-state index contributed by atoms with van der Waals surface area (Å²) < 4.78 is 0. The summed E-state index contributed by atoms with van der Waals surface area (Å²) in [7, 11) is 0. The van der Waals surface area contributed by atoms with Crippen LogP contribution in [0.5, 0.6) is 0 Å². The number of carboxylic acids is 2. The second-order valence-electron chi connectivity index (χ2n) is 3.04. The van der Waals surface area contributed by atoms with Crippen LogP contribution in [-0.2, 0) is 9.59 Å². The van der Waals surface area contributed by atoms with Gasteiger partial charge in [0, 0.05) is 0 Å². The van der Waals surface area contributed by atoms with Gasteiger partial charge < -0.3 is 20.4 Å². The van der Waals surface area contributed by atoms with Crippen molar-refractivity contribution in [2.24, 2.45) is 0 Å². The van der Waals surface area contributed by atoms with E-state index in [0.717, 1.165) is 0 Å². The minimum atomic E-state index is -2.27. The van der Waals surface area contributed by atoms with Crippen molar-refractivity contribution in [1.29, 1.82) is 5.26 Å². The summed E-state index contributed by atoms with van der Waals surface area (Å²) in [5.41, 5.74) is 0.715. The first-order chi connectivity index (χ1) is 8.40. The summed E-state index contributed by atoms with van der Waals surface area (Å²) in [6.07, 6.45) is -4.53. The molecule has 4 N–H and O–H groups in total. The third-order valence-corrected chi connectivity index (χ3v) is 1.71. The summed E-state index contributed by atoms with van der Waals surface area (Å²) in [6.45, 7) is 0. The molecule has 0 fully saturated rings. The average Bonchev–Trinajstić information content (AvgIpc) is 2.38. The summed E-state index contributed by atoms with van der Waals surface area (Å²) >= 11 is 0. The second kappa shape index (κ2) is 7.78. The standard InChI is InChI=1S/C7H5N.C4H6O6/c8-6-7-4-2-1-3-5-7;5-1(3(7)8)2(6)4(9)10/h1-5H;1-2,5-6H,(H,7,8)(H,9,10). The Morgan fingerprint density at radius 2 is 1.39 bits per heavy atom. The Hall–Kier alpha value is -2.43. The Labute approximate surface area is 102 Å². The molecule has 2 unspecified atom stereocenters. The van der Waals surface area contributed by atoms with Crippen LogP contribution in [0.15, 0.2) is 30.3 Å². The van der Waals surface area contributed by atoms with Crippen LogP contribution in [0.4, 0.5) is 0 Å². The van der Waals surface area contributed by atoms with E-state index in [2.05, 4.69) is 0 Å². The number of rotatable bonds is 3. The molecule has 0 heterocycles. The zero-order valence-electron chi connectivity index (χ0n) is 9.09. The van der Waals surface area contributed by atoms with Crippen molar-refractivity contribution >= 4 is 11.9 Å². The summed E-state index contributed by atoms with van der Waals surface area (Å²) in [4.78, 5) is 19.5. The van der Waals surface area contributed by atoms with E-state index in [1.54, 1.807) is 12.1 Å². The molecule has 0 spiro atoms. The van der Waals surface area contributed by atoms with Crippen LogP contribution >= 0.6 is 0 Å². The highest BCUT2D eigenvalue weighted by molar-refractivity contribution is 5.83. The Bertz CT molecular complexity index is 421. The molecule has 18 heavy (non-hydrogen) atoms. The molecule has 0 aliphatic rings. The molecule has 0 bridgehead atoms. The number of aliphatic carboxylic acids is 2. The van der Waals surface area contributed by atoms with Crippen LogP contribution < -0.4 is 0 Å². The summed E-state index contributed by atoms with van der Waals surface area (Å²) in [6, 6.07) is 11.2. The maximum Gasteiger partial charge on any atom is 0.335 e. The van der Waals surface area contributed by atoms with Crippen molar-refractivity contribution < 1.29 is 30.0 Å². The number of benzene rings is 1. The van der Waals surface area contributed by atoms with Crippen LogP contribution in [0, 0.1) is 11.3 Å². The second-order valence-corrected chi connectivity index (χ2v) is 3.04. The number of hydrogen-bond acceptors (Lipinski definition) is 5. The normalized spacial score (nSPS) is 12.3. The SMILES string of the molecule is N#Cc1ccccc1.O=C(O)C(O)C(O)C(=O)O. The first kappa shape index (κ1) is 15.6. The van der Waals surface area contributed by atoms with E-state index in [0.29, 0.717) is 5.56 Å².